The SMILES string of the molecule is CC(C)CCOP(=O)(S)SCCC(C)C.[Zn]. The van der Waals surface area contributed by atoms with Crippen LogP contribution in [0.15, 0.2) is 0 Å². The van der Waals surface area contributed by atoms with E-state index < -0.39 is 5.77 Å². The first-order valence-electron chi connectivity index (χ1n) is 5.45. The van der Waals surface area contributed by atoms with Crippen molar-refractivity contribution in [2.75, 3.05) is 12.4 Å². The third kappa shape index (κ3) is 13.6. The minimum atomic E-state index is -2.69. The Morgan fingerprint density at radius 2 is 1.69 bits per heavy atom. The molecule has 94 valence electrons. The van der Waals surface area contributed by atoms with Crippen molar-refractivity contribution in [1.82, 2.24) is 0 Å². The van der Waals surface area contributed by atoms with Gasteiger partial charge in [-0.2, -0.15) is 0 Å². The van der Waals surface area contributed by atoms with E-state index in [4.69, 9.17) is 4.52 Å². The molecule has 0 saturated carbocycles. The van der Waals surface area contributed by atoms with Crippen LogP contribution in [-0.2, 0) is 28.6 Å². The van der Waals surface area contributed by atoms with Gasteiger partial charge in [-0.1, -0.05) is 51.3 Å². The maximum absolute atomic E-state index is 11.8. The topological polar surface area (TPSA) is 26.3 Å². The molecule has 0 N–H and O–H groups in total. The smallest absolute Gasteiger partial charge is 0.310 e. The summed E-state index contributed by atoms with van der Waals surface area (Å²) in [5.74, 6) is -0.610. The fourth-order valence-electron chi connectivity index (χ4n) is 0.845. The van der Waals surface area contributed by atoms with Gasteiger partial charge in [0.25, 0.3) is 0 Å². The Balaban J connectivity index is 0. The van der Waals surface area contributed by atoms with E-state index in [1.807, 2.05) is 0 Å². The zero-order chi connectivity index (χ0) is 11.9. The van der Waals surface area contributed by atoms with Gasteiger partial charge in [0.1, 0.15) is 0 Å². The Labute approximate surface area is 122 Å². The van der Waals surface area contributed by atoms with Crippen molar-refractivity contribution in [3.05, 3.63) is 0 Å². The molecule has 0 aliphatic heterocycles. The summed E-state index contributed by atoms with van der Waals surface area (Å²) in [4.78, 5) is 0. The van der Waals surface area contributed by atoms with E-state index in [1.165, 1.54) is 11.4 Å². The molecule has 0 saturated heterocycles. The first-order valence-corrected chi connectivity index (χ1v) is 9.82. The van der Waals surface area contributed by atoms with Crippen molar-refractivity contribution < 1.29 is 28.6 Å². The molecule has 0 aromatic rings. The van der Waals surface area contributed by atoms with E-state index in [0.29, 0.717) is 18.4 Å². The van der Waals surface area contributed by atoms with Gasteiger partial charge in [-0.05, 0) is 24.7 Å². The van der Waals surface area contributed by atoms with Crippen LogP contribution in [0, 0.1) is 11.8 Å². The second-order valence-corrected chi connectivity index (χ2v) is 11.0. The van der Waals surface area contributed by atoms with Gasteiger partial charge < -0.3 is 4.52 Å². The molecule has 0 aromatic carbocycles. The van der Waals surface area contributed by atoms with Crippen LogP contribution in [0.1, 0.15) is 40.5 Å². The minimum absolute atomic E-state index is 0. The quantitative estimate of drug-likeness (QED) is 0.389. The van der Waals surface area contributed by atoms with Crippen LogP contribution < -0.4 is 0 Å². The summed E-state index contributed by atoms with van der Waals surface area (Å²) in [6.07, 6.45) is 2.00. The third-order valence-corrected chi connectivity index (χ3v) is 6.38. The van der Waals surface area contributed by atoms with Crippen molar-refractivity contribution >= 4 is 29.4 Å². The van der Waals surface area contributed by atoms with E-state index in [9.17, 15) is 4.57 Å². The largest absolute Gasteiger partial charge is 0.314 e. The van der Waals surface area contributed by atoms with Crippen molar-refractivity contribution in [2.24, 2.45) is 11.8 Å². The van der Waals surface area contributed by atoms with Crippen molar-refractivity contribution in [3.8, 4) is 0 Å². The summed E-state index contributed by atoms with van der Waals surface area (Å²) in [6.45, 7) is 9.11. The Bertz CT molecular complexity index is 195. The van der Waals surface area contributed by atoms with Crippen molar-refractivity contribution in [1.29, 1.82) is 0 Å². The second-order valence-electron chi connectivity index (χ2n) is 4.50. The molecule has 0 aliphatic carbocycles. The second kappa shape index (κ2) is 10.4. The predicted octanol–water partition coefficient (Wildman–Crippen LogP) is 4.86. The summed E-state index contributed by atoms with van der Waals surface area (Å²) >= 11 is 5.44. The Morgan fingerprint density at radius 1 is 1.19 bits per heavy atom. The number of rotatable bonds is 8. The van der Waals surface area contributed by atoms with Crippen LogP contribution in [0.3, 0.4) is 0 Å². The van der Waals surface area contributed by atoms with Crippen molar-refractivity contribution in [2.45, 2.75) is 40.5 Å². The standard InChI is InChI=1S/C10H23O2PS2.Zn/c1-9(2)5-7-12-13(11,14)15-8-6-10(3)4;/h9-10H,5-8H2,1-4H3,(H,11,14);. The molecule has 16 heavy (non-hydrogen) atoms. The molecular weight excluding hydrogens is 313 g/mol. The molecular formula is C10H23O2PS2Zn. The zero-order valence-electron chi connectivity index (χ0n) is 10.8. The molecule has 0 amide bonds. The van der Waals surface area contributed by atoms with Crippen LogP contribution in [0.2, 0.25) is 0 Å². The number of hydrogen-bond donors (Lipinski definition) is 1. The van der Waals surface area contributed by atoms with Gasteiger partial charge >= 0.3 is 5.77 Å². The molecule has 1 atom stereocenters. The molecule has 0 fully saturated rings. The van der Waals surface area contributed by atoms with Gasteiger partial charge in [0.15, 0.2) is 0 Å². The van der Waals surface area contributed by atoms with E-state index >= 15 is 0 Å². The van der Waals surface area contributed by atoms with Gasteiger partial charge in [0.05, 0.1) is 6.61 Å². The van der Waals surface area contributed by atoms with E-state index in [1.54, 1.807) is 0 Å². The average Bonchev–Trinajstić information content (AvgIpc) is 2.01. The van der Waals surface area contributed by atoms with Gasteiger partial charge in [-0.25, -0.2) is 0 Å². The molecule has 6 heteroatoms. The molecule has 0 bridgehead atoms. The van der Waals surface area contributed by atoms with E-state index in [2.05, 4.69) is 39.9 Å². The maximum Gasteiger partial charge on any atom is 0.310 e. The Morgan fingerprint density at radius 3 is 2.12 bits per heavy atom. The number of thiol groups is 1. The Kier molecular flexibility index (Phi) is 12.9. The van der Waals surface area contributed by atoms with Crippen LogP contribution in [-0.4, -0.2) is 12.4 Å². The van der Waals surface area contributed by atoms with Crippen LogP contribution in [0.4, 0.5) is 0 Å². The van der Waals surface area contributed by atoms with Crippen LogP contribution in [0.25, 0.3) is 0 Å². The van der Waals surface area contributed by atoms with Crippen LogP contribution >= 0.6 is 29.4 Å². The Hall–Kier alpha value is 1.51. The van der Waals surface area contributed by atoms with E-state index in [0.717, 1.165) is 18.6 Å². The molecule has 1 unspecified atom stereocenters. The molecule has 0 spiro atoms. The van der Waals surface area contributed by atoms with Gasteiger partial charge in [-0.15, -0.1) is 0 Å². The van der Waals surface area contributed by atoms with Gasteiger partial charge in [0.2, 0.25) is 0 Å². The van der Waals surface area contributed by atoms with Gasteiger partial charge in [-0.3, -0.25) is 4.57 Å². The molecule has 0 aromatic heterocycles. The molecule has 0 heterocycles. The average molecular weight is 336 g/mol. The zero-order valence-corrected chi connectivity index (χ0v) is 16.4. The maximum atomic E-state index is 11.8. The summed E-state index contributed by atoms with van der Waals surface area (Å²) in [6, 6.07) is 0. The molecule has 0 aliphatic rings. The number of hydrogen-bond acceptors (Lipinski definition) is 3. The summed E-state index contributed by atoms with van der Waals surface area (Å²) in [7, 11) is 0. The summed E-state index contributed by atoms with van der Waals surface area (Å²) in [5.41, 5.74) is 0. The minimum Gasteiger partial charge on any atom is -0.314 e. The third-order valence-electron chi connectivity index (χ3n) is 1.90. The fourth-order valence-corrected chi connectivity index (χ4v) is 4.50. The molecule has 2 nitrogen and oxygen atoms in total. The normalized spacial score (nSPS) is 14.9. The van der Waals surface area contributed by atoms with E-state index in [-0.39, 0.29) is 19.5 Å². The summed E-state index contributed by atoms with van der Waals surface area (Å²) < 4.78 is 17.1. The van der Waals surface area contributed by atoms with Crippen molar-refractivity contribution in [3.63, 3.8) is 0 Å². The van der Waals surface area contributed by atoms with Gasteiger partial charge in [0, 0.05) is 25.2 Å². The van der Waals surface area contributed by atoms with Crippen LogP contribution in [0.5, 0.6) is 0 Å². The predicted molar refractivity (Wildman–Crippen MR) is 73.9 cm³/mol. The fraction of sp³-hybridized carbons (Fsp3) is 1.00. The molecule has 0 rings (SSSR count). The molecule has 0 radical (unpaired) electrons. The first kappa shape index (κ1) is 19.8. The first-order chi connectivity index (χ1) is 6.83. The summed E-state index contributed by atoms with van der Waals surface area (Å²) in [5, 5.41) is 0. The monoisotopic (exact) mass is 334 g/mol.